The molecule has 0 N–H and O–H groups in total. The maximum atomic E-state index is 6.42. The van der Waals surface area contributed by atoms with E-state index in [0.717, 1.165) is 5.92 Å². The summed E-state index contributed by atoms with van der Waals surface area (Å²) in [7, 11) is 0. The van der Waals surface area contributed by atoms with Crippen LogP contribution in [0, 0.1) is 5.92 Å². The van der Waals surface area contributed by atoms with Crippen LogP contribution < -0.4 is 0 Å². The van der Waals surface area contributed by atoms with Crippen LogP contribution in [0.2, 0.25) is 0 Å². The highest BCUT2D eigenvalue weighted by atomic mass is 127. The summed E-state index contributed by atoms with van der Waals surface area (Å²) in [5, 5.41) is 0. The van der Waals surface area contributed by atoms with Crippen molar-refractivity contribution in [2.75, 3.05) is 4.43 Å². The van der Waals surface area contributed by atoms with Gasteiger partial charge in [0.1, 0.15) is 0 Å². The van der Waals surface area contributed by atoms with Crippen LogP contribution in [0.3, 0.4) is 0 Å². The zero-order valence-corrected chi connectivity index (χ0v) is 12.0. The van der Waals surface area contributed by atoms with E-state index in [2.05, 4.69) is 29.5 Å². The van der Waals surface area contributed by atoms with Crippen molar-refractivity contribution >= 4 is 22.6 Å². The summed E-state index contributed by atoms with van der Waals surface area (Å²) in [5.41, 5.74) is 0.235. The largest absolute Gasteiger partial charge is 0.371 e. The van der Waals surface area contributed by atoms with Gasteiger partial charge in [0.15, 0.2) is 0 Å². The van der Waals surface area contributed by atoms with Crippen LogP contribution in [-0.2, 0) is 4.74 Å². The molecule has 88 valence electrons. The first kappa shape index (κ1) is 12.2. The molecule has 0 aliphatic heterocycles. The summed E-state index contributed by atoms with van der Waals surface area (Å²) >= 11 is 2.53. The lowest BCUT2D eigenvalue weighted by Gasteiger charge is -2.34. The molecule has 1 atom stereocenters. The molecule has 0 aromatic heterocycles. The van der Waals surface area contributed by atoms with Gasteiger partial charge in [-0.1, -0.05) is 48.3 Å². The molecule has 0 radical (unpaired) electrons. The van der Waals surface area contributed by atoms with E-state index in [1.165, 1.54) is 55.8 Å². The summed E-state index contributed by atoms with van der Waals surface area (Å²) in [6.45, 7) is 2.29. The van der Waals surface area contributed by atoms with Gasteiger partial charge in [-0.2, -0.15) is 0 Å². The van der Waals surface area contributed by atoms with Crippen molar-refractivity contribution in [3.63, 3.8) is 0 Å². The summed E-state index contributed by atoms with van der Waals surface area (Å²) in [6.07, 6.45) is 11.5. The molecule has 0 heterocycles. The zero-order chi connectivity index (χ0) is 10.7. The molecule has 0 spiro atoms. The lowest BCUT2D eigenvalue weighted by Crippen LogP contribution is -2.38. The third-order valence-electron chi connectivity index (χ3n) is 3.98. The van der Waals surface area contributed by atoms with Gasteiger partial charge in [0, 0.05) is 4.43 Å². The van der Waals surface area contributed by atoms with Crippen LogP contribution in [0.4, 0.5) is 0 Å². The maximum absolute atomic E-state index is 6.42. The van der Waals surface area contributed by atoms with Crippen LogP contribution in [0.5, 0.6) is 0 Å². The summed E-state index contributed by atoms with van der Waals surface area (Å²) in [5.74, 6) is 0.882. The Kier molecular flexibility index (Phi) is 4.33. The molecule has 2 rings (SSSR count). The lowest BCUT2D eigenvalue weighted by molar-refractivity contribution is -0.0866. The van der Waals surface area contributed by atoms with Gasteiger partial charge in [0.2, 0.25) is 0 Å². The molecule has 0 aromatic rings. The first-order chi connectivity index (χ1) is 7.26. The number of ether oxygens (including phenoxy) is 1. The van der Waals surface area contributed by atoms with Crippen molar-refractivity contribution in [1.82, 2.24) is 0 Å². The van der Waals surface area contributed by atoms with Gasteiger partial charge < -0.3 is 4.74 Å². The van der Waals surface area contributed by atoms with Crippen LogP contribution in [-0.4, -0.2) is 16.1 Å². The SMILES string of the molecule is CC(OC1(CI)CCCCCC1)C1CC1. The minimum atomic E-state index is 0.235. The minimum Gasteiger partial charge on any atom is -0.371 e. The molecule has 2 heteroatoms. The second-order valence-corrected chi connectivity index (χ2v) is 6.15. The molecule has 0 bridgehead atoms. The van der Waals surface area contributed by atoms with Crippen molar-refractivity contribution in [3.05, 3.63) is 0 Å². The van der Waals surface area contributed by atoms with Crippen molar-refractivity contribution in [2.45, 2.75) is 70.0 Å². The number of hydrogen-bond donors (Lipinski definition) is 0. The van der Waals surface area contributed by atoms with Crippen molar-refractivity contribution < 1.29 is 4.74 Å². The molecule has 0 saturated heterocycles. The zero-order valence-electron chi connectivity index (χ0n) is 9.80. The average Bonchev–Trinajstić information content (AvgIpc) is 3.05. The maximum Gasteiger partial charge on any atom is 0.0775 e. The summed E-state index contributed by atoms with van der Waals surface area (Å²) in [6, 6.07) is 0. The number of alkyl halides is 1. The van der Waals surface area contributed by atoms with E-state index in [1.807, 2.05) is 0 Å². The normalized spacial score (nSPS) is 28.4. The van der Waals surface area contributed by atoms with Gasteiger partial charge in [-0.05, 0) is 38.5 Å². The van der Waals surface area contributed by atoms with E-state index in [0.29, 0.717) is 6.10 Å². The number of hydrogen-bond acceptors (Lipinski definition) is 1. The van der Waals surface area contributed by atoms with Gasteiger partial charge in [0.25, 0.3) is 0 Å². The van der Waals surface area contributed by atoms with Crippen LogP contribution >= 0.6 is 22.6 Å². The van der Waals surface area contributed by atoms with Gasteiger partial charge in [-0.15, -0.1) is 0 Å². The molecule has 2 aliphatic carbocycles. The Labute approximate surface area is 107 Å². The van der Waals surface area contributed by atoms with Crippen molar-refractivity contribution in [2.24, 2.45) is 5.92 Å². The molecule has 1 unspecified atom stereocenters. The number of rotatable bonds is 4. The predicted molar refractivity (Wildman–Crippen MR) is 72.6 cm³/mol. The van der Waals surface area contributed by atoms with E-state index >= 15 is 0 Å². The van der Waals surface area contributed by atoms with E-state index < -0.39 is 0 Å². The standard InChI is InChI=1S/C13H23IO/c1-11(12-6-7-12)15-13(10-14)8-4-2-3-5-9-13/h11-12H,2-10H2,1H3. The van der Waals surface area contributed by atoms with E-state index in [9.17, 15) is 0 Å². The predicted octanol–water partition coefficient (Wildman–Crippen LogP) is 4.33. The van der Waals surface area contributed by atoms with Crippen LogP contribution in [0.25, 0.3) is 0 Å². The van der Waals surface area contributed by atoms with Crippen LogP contribution in [0.15, 0.2) is 0 Å². The Balaban J connectivity index is 1.92. The fourth-order valence-corrected chi connectivity index (χ4v) is 3.65. The highest BCUT2D eigenvalue weighted by Crippen LogP contribution is 2.40. The molecule has 0 amide bonds. The molecule has 0 aromatic carbocycles. The van der Waals surface area contributed by atoms with Gasteiger partial charge >= 0.3 is 0 Å². The molecule has 2 saturated carbocycles. The Bertz CT molecular complexity index is 193. The molecule has 2 fully saturated rings. The molecular formula is C13H23IO. The third kappa shape index (κ3) is 3.32. The monoisotopic (exact) mass is 322 g/mol. The molecule has 2 aliphatic rings. The Hall–Kier alpha value is 0.690. The minimum absolute atomic E-state index is 0.235. The van der Waals surface area contributed by atoms with Gasteiger partial charge in [0.05, 0.1) is 11.7 Å². The second kappa shape index (κ2) is 5.35. The van der Waals surface area contributed by atoms with E-state index in [1.54, 1.807) is 0 Å². The quantitative estimate of drug-likeness (QED) is 0.425. The van der Waals surface area contributed by atoms with E-state index in [-0.39, 0.29) is 5.60 Å². The van der Waals surface area contributed by atoms with Crippen molar-refractivity contribution in [1.29, 1.82) is 0 Å². The second-order valence-electron chi connectivity index (χ2n) is 5.39. The third-order valence-corrected chi connectivity index (χ3v) is 5.37. The fraction of sp³-hybridized carbons (Fsp3) is 1.00. The van der Waals surface area contributed by atoms with Crippen LogP contribution in [0.1, 0.15) is 58.3 Å². The summed E-state index contributed by atoms with van der Waals surface area (Å²) < 4.78 is 7.61. The highest BCUT2D eigenvalue weighted by molar-refractivity contribution is 14.1. The number of halogens is 1. The average molecular weight is 322 g/mol. The smallest absolute Gasteiger partial charge is 0.0775 e. The molecule has 1 nitrogen and oxygen atoms in total. The summed E-state index contributed by atoms with van der Waals surface area (Å²) in [4.78, 5) is 0. The molecular weight excluding hydrogens is 299 g/mol. The topological polar surface area (TPSA) is 9.23 Å². The van der Waals surface area contributed by atoms with Crippen molar-refractivity contribution in [3.8, 4) is 0 Å². The first-order valence-corrected chi connectivity index (χ1v) is 8.02. The lowest BCUT2D eigenvalue weighted by atomic mass is 9.96. The Morgan fingerprint density at radius 1 is 1.20 bits per heavy atom. The van der Waals surface area contributed by atoms with Gasteiger partial charge in [-0.25, -0.2) is 0 Å². The first-order valence-electron chi connectivity index (χ1n) is 6.49. The Morgan fingerprint density at radius 2 is 1.80 bits per heavy atom. The fourth-order valence-electron chi connectivity index (χ4n) is 2.71. The Morgan fingerprint density at radius 3 is 2.27 bits per heavy atom. The van der Waals surface area contributed by atoms with Gasteiger partial charge in [-0.3, -0.25) is 0 Å². The van der Waals surface area contributed by atoms with E-state index in [4.69, 9.17) is 4.74 Å². The molecule has 15 heavy (non-hydrogen) atoms. The highest BCUT2D eigenvalue weighted by Gasteiger charge is 2.37.